The number of amides is 5. The Morgan fingerprint density at radius 3 is 1.88 bits per heavy atom. The van der Waals surface area contributed by atoms with Gasteiger partial charge in [-0.15, -0.1) is 0 Å². The van der Waals surface area contributed by atoms with Crippen LogP contribution < -0.4 is 27.8 Å². The topological polar surface area (TPSA) is 208 Å². The van der Waals surface area contributed by atoms with Gasteiger partial charge in [0.15, 0.2) is 0 Å². The molecule has 0 aromatic rings. The molecule has 11 nitrogen and oxygen atoms in total. The average molecular weight is 458 g/mol. The van der Waals surface area contributed by atoms with Crippen molar-refractivity contribution >= 4 is 29.5 Å². The summed E-state index contributed by atoms with van der Waals surface area (Å²) in [6, 6.07) is -2.55. The first-order valence-corrected chi connectivity index (χ1v) is 11.2. The first-order chi connectivity index (χ1) is 15.1. The number of aliphatic hydroxyl groups is 1. The molecule has 0 rings (SSSR count). The number of nitrogens with one attached hydrogen (secondary N) is 2. The SMILES string of the molecule is CCCCCCCCCC(O)CC(=O)NC(CC(N)=O)C(=O)NC(CCC(N)=O)C(N)=O. The van der Waals surface area contributed by atoms with Crippen LogP contribution in [0.2, 0.25) is 0 Å². The fraction of sp³-hybridized carbons (Fsp3) is 0.762. The van der Waals surface area contributed by atoms with Crippen molar-refractivity contribution in [3.8, 4) is 0 Å². The second-order valence-corrected chi connectivity index (χ2v) is 8.03. The molecular weight excluding hydrogens is 418 g/mol. The number of nitrogens with two attached hydrogens (primary N) is 3. The number of carbonyl (C=O) groups is 5. The van der Waals surface area contributed by atoms with Gasteiger partial charge in [0.25, 0.3) is 0 Å². The van der Waals surface area contributed by atoms with Crippen molar-refractivity contribution in [1.29, 1.82) is 0 Å². The molecule has 0 radical (unpaired) electrons. The summed E-state index contributed by atoms with van der Waals surface area (Å²) in [4.78, 5) is 58.4. The Labute approximate surface area is 189 Å². The average Bonchev–Trinajstić information content (AvgIpc) is 2.68. The van der Waals surface area contributed by atoms with Gasteiger partial charge in [0.05, 0.1) is 18.9 Å². The van der Waals surface area contributed by atoms with E-state index in [1.807, 2.05) is 0 Å². The maximum Gasteiger partial charge on any atom is 0.243 e. The third-order valence-electron chi connectivity index (χ3n) is 4.96. The van der Waals surface area contributed by atoms with Crippen molar-refractivity contribution in [2.75, 3.05) is 0 Å². The minimum Gasteiger partial charge on any atom is -0.393 e. The molecule has 32 heavy (non-hydrogen) atoms. The van der Waals surface area contributed by atoms with Crippen LogP contribution >= 0.6 is 0 Å². The first kappa shape index (κ1) is 29.3. The van der Waals surface area contributed by atoms with Crippen LogP contribution in [0.15, 0.2) is 0 Å². The predicted molar refractivity (Wildman–Crippen MR) is 119 cm³/mol. The Morgan fingerprint density at radius 1 is 0.750 bits per heavy atom. The van der Waals surface area contributed by atoms with Crippen LogP contribution in [0, 0.1) is 0 Å². The first-order valence-electron chi connectivity index (χ1n) is 11.2. The second-order valence-electron chi connectivity index (χ2n) is 8.03. The molecule has 0 saturated heterocycles. The standard InChI is InChI=1S/C21H39N5O6/c1-2-3-4-5-6-7-8-9-14(27)12-19(30)25-16(13-18(23)29)21(32)26-15(20(24)31)10-11-17(22)28/h14-16,27H,2-13H2,1H3,(H2,22,28)(H2,23,29)(H2,24,31)(H,25,30)(H,26,32). The Balaban J connectivity index is 4.62. The Bertz CT molecular complexity index is 628. The molecule has 0 aromatic carbocycles. The largest absolute Gasteiger partial charge is 0.393 e. The van der Waals surface area contributed by atoms with Gasteiger partial charge in [-0.2, -0.15) is 0 Å². The predicted octanol–water partition coefficient (Wildman–Crippen LogP) is -0.526. The van der Waals surface area contributed by atoms with Gasteiger partial charge in [0, 0.05) is 6.42 Å². The number of primary amides is 3. The number of unbranched alkanes of at least 4 members (excludes halogenated alkanes) is 6. The second kappa shape index (κ2) is 16.9. The molecule has 0 bridgehead atoms. The number of hydrogen-bond acceptors (Lipinski definition) is 6. The monoisotopic (exact) mass is 457 g/mol. The molecule has 3 atom stereocenters. The van der Waals surface area contributed by atoms with Gasteiger partial charge in [0.1, 0.15) is 12.1 Å². The van der Waals surface area contributed by atoms with Crippen molar-refractivity contribution in [3.05, 3.63) is 0 Å². The van der Waals surface area contributed by atoms with Crippen LogP contribution in [0.5, 0.6) is 0 Å². The smallest absolute Gasteiger partial charge is 0.243 e. The Kier molecular flexibility index (Phi) is 15.5. The van der Waals surface area contributed by atoms with E-state index < -0.39 is 54.1 Å². The van der Waals surface area contributed by atoms with Gasteiger partial charge < -0.3 is 32.9 Å². The van der Waals surface area contributed by atoms with Crippen molar-refractivity contribution < 1.29 is 29.1 Å². The quantitative estimate of drug-likeness (QED) is 0.140. The van der Waals surface area contributed by atoms with E-state index in [4.69, 9.17) is 17.2 Å². The highest BCUT2D eigenvalue weighted by Gasteiger charge is 2.27. The molecule has 0 spiro atoms. The normalized spacial score (nSPS) is 13.6. The summed E-state index contributed by atoms with van der Waals surface area (Å²) < 4.78 is 0. The van der Waals surface area contributed by atoms with E-state index in [0.717, 1.165) is 25.7 Å². The van der Waals surface area contributed by atoms with Crippen LogP contribution in [0.4, 0.5) is 0 Å². The minimum absolute atomic E-state index is 0.120. The summed E-state index contributed by atoms with van der Waals surface area (Å²) in [6.45, 7) is 2.15. The van der Waals surface area contributed by atoms with E-state index in [1.165, 1.54) is 19.3 Å². The molecule has 0 fully saturated rings. The minimum atomic E-state index is -1.35. The highest BCUT2D eigenvalue weighted by Crippen LogP contribution is 2.11. The van der Waals surface area contributed by atoms with E-state index in [0.29, 0.717) is 6.42 Å². The number of hydrogen-bond donors (Lipinski definition) is 6. The molecular formula is C21H39N5O6. The highest BCUT2D eigenvalue weighted by molar-refractivity contribution is 5.94. The van der Waals surface area contributed by atoms with E-state index in [-0.39, 0.29) is 19.3 Å². The molecule has 0 saturated carbocycles. The Hall–Kier alpha value is -2.69. The molecule has 5 amide bonds. The van der Waals surface area contributed by atoms with Crippen LogP contribution in [-0.4, -0.2) is 52.8 Å². The molecule has 11 heteroatoms. The number of rotatable bonds is 19. The maximum absolute atomic E-state index is 12.5. The molecule has 0 aliphatic rings. The van der Waals surface area contributed by atoms with E-state index in [9.17, 15) is 29.1 Å². The summed E-state index contributed by atoms with van der Waals surface area (Å²) in [7, 11) is 0. The lowest BCUT2D eigenvalue weighted by atomic mass is 10.0. The number of aliphatic hydroxyl groups excluding tert-OH is 1. The molecule has 0 heterocycles. The van der Waals surface area contributed by atoms with Gasteiger partial charge in [-0.05, 0) is 12.8 Å². The lowest BCUT2D eigenvalue weighted by Crippen LogP contribution is -2.54. The van der Waals surface area contributed by atoms with Crippen molar-refractivity contribution in [3.63, 3.8) is 0 Å². The lowest BCUT2D eigenvalue weighted by molar-refractivity contribution is -0.133. The third-order valence-corrected chi connectivity index (χ3v) is 4.96. The number of carbonyl (C=O) groups excluding carboxylic acids is 5. The molecule has 0 aliphatic heterocycles. The molecule has 0 aromatic heterocycles. The van der Waals surface area contributed by atoms with E-state index >= 15 is 0 Å². The van der Waals surface area contributed by atoms with Crippen molar-refractivity contribution in [2.24, 2.45) is 17.2 Å². The summed E-state index contributed by atoms with van der Waals surface area (Å²) in [6.07, 6.45) is 6.10. The zero-order valence-electron chi connectivity index (χ0n) is 18.9. The summed E-state index contributed by atoms with van der Waals surface area (Å²) in [5.41, 5.74) is 15.4. The van der Waals surface area contributed by atoms with Gasteiger partial charge in [-0.1, -0.05) is 51.9 Å². The summed E-state index contributed by atoms with van der Waals surface area (Å²) in [5.74, 6) is -3.90. The van der Waals surface area contributed by atoms with Crippen LogP contribution in [0.3, 0.4) is 0 Å². The molecule has 9 N–H and O–H groups in total. The maximum atomic E-state index is 12.5. The zero-order valence-corrected chi connectivity index (χ0v) is 18.9. The molecule has 184 valence electrons. The third kappa shape index (κ3) is 15.2. The van der Waals surface area contributed by atoms with Crippen molar-refractivity contribution in [2.45, 2.75) is 102 Å². The van der Waals surface area contributed by atoms with E-state index in [1.54, 1.807) is 0 Å². The fourth-order valence-corrected chi connectivity index (χ4v) is 3.16. The fourth-order valence-electron chi connectivity index (χ4n) is 3.16. The summed E-state index contributed by atoms with van der Waals surface area (Å²) >= 11 is 0. The lowest BCUT2D eigenvalue weighted by Gasteiger charge is -2.21. The van der Waals surface area contributed by atoms with Crippen LogP contribution in [0.25, 0.3) is 0 Å². The molecule has 3 unspecified atom stereocenters. The van der Waals surface area contributed by atoms with Gasteiger partial charge in [-0.3, -0.25) is 24.0 Å². The summed E-state index contributed by atoms with van der Waals surface area (Å²) in [5, 5.41) is 14.7. The van der Waals surface area contributed by atoms with Gasteiger partial charge >= 0.3 is 0 Å². The van der Waals surface area contributed by atoms with E-state index in [2.05, 4.69) is 17.6 Å². The van der Waals surface area contributed by atoms with Gasteiger partial charge in [0.2, 0.25) is 29.5 Å². The molecule has 0 aliphatic carbocycles. The highest BCUT2D eigenvalue weighted by atomic mass is 16.3. The van der Waals surface area contributed by atoms with Gasteiger partial charge in [-0.25, -0.2) is 0 Å². The zero-order chi connectivity index (χ0) is 24.5. The Morgan fingerprint density at radius 2 is 1.34 bits per heavy atom. The van der Waals surface area contributed by atoms with Crippen molar-refractivity contribution in [1.82, 2.24) is 10.6 Å². The van der Waals surface area contributed by atoms with Crippen LogP contribution in [-0.2, 0) is 24.0 Å². The van der Waals surface area contributed by atoms with Crippen LogP contribution in [0.1, 0.15) is 84.0 Å².